The molecule has 1 aromatic carbocycles. The molecule has 1 amide bonds. The minimum Gasteiger partial charge on any atom is -0.487 e. The molecular weight excluding hydrogens is 314 g/mol. The minimum atomic E-state index is -0.113. The number of nitrogens with zero attached hydrogens (tertiary/aromatic N) is 2. The summed E-state index contributed by atoms with van der Waals surface area (Å²) in [5.41, 5.74) is 2.28. The molecule has 2 aromatic rings. The zero-order valence-corrected chi connectivity index (χ0v) is 13.8. The van der Waals surface area contributed by atoms with E-state index in [0.717, 1.165) is 30.8 Å². The highest BCUT2D eigenvalue weighted by Crippen LogP contribution is 2.16. The zero-order chi connectivity index (χ0) is 16.1. The Morgan fingerprint density at radius 3 is 3.13 bits per heavy atom. The largest absolute Gasteiger partial charge is 0.487 e. The maximum absolute atomic E-state index is 12.2. The first kappa shape index (κ1) is 15.9. The van der Waals surface area contributed by atoms with E-state index >= 15 is 0 Å². The van der Waals surface area contributed by atoms with Gasteiger partial charge in [0.15, 0.2) is 0 Å². The predicted molar refractivity (Wildman–Crippen MR) is 86.7 cm³/mol. The second-order valence-electron chi connectivity index (χ2n) is 5.46. The summed E-state index contributed by atoms with van der Waals surface area (Å²) in [6, 6.07) is 7.14. The topological polar surface area (TPSA) is 73.3 Å². The Bertz CT molecular complexity index is 668. The van der Waals surface area contributed by atoms with Gasteiger partial charge in [-0.1, -0.05) is 6.07 Å². The average Bonchev–Trinajstić information content (AvgIpc) is 3.22. The number of nitrogens with one attached hydrogen (secondary N) is 1. The average molecular weight is 333 g/mol. The fourth-order valence-corrected chi connectivity index (χ4v) is 2.93. The standard InChI is InChI=1S/C16H19N3O3S/c1-11-15(19-23-18-11)10-22-13-5-2-4-12(8-13)16(20)17-9-14-6-3-7-21-14/h2,4-5,8,14H,3,6-7,9-10H2,1H3,(H,17,20). The molecule has 3 rings (SSSR count). The Kier molecular flexibility index (Phi) is 5.19. The first-order valence-electron chi connectivity index (χ1n) is 7.63. The number of aryl methyl sites for hydroxylation is 1. The van der Waals surface area contributed by atoms with E-state index in [1.807, 2.05) is 19.1 Å². The van der Waals surface area contributed by atoms with Crippen LogP contribution in [-0.2, 0) is 11.3 Å². The molecule has 1 atom stereocenters. The van der Waals surface area contributed by atoms with E-state index in [9.17, 15) is 4.79 Å². The van der Waals surface area contributed by atoms with Crippen molar-refractivity contribution in [1.82, 2.24) is 14.1 Å². The van der Waals surface area contributed by atoms with Crippen molar-refractivity contribution in [1.29, 1.82) is 0 Å². The summed E-state index contributed by atoms with van der Waals surface area (Å²) in [5.74, 6) is 0.527. The lowest BCUT2D eigenvalue weighted by molar-refractivity contribution is 0.0857. The predicted octanol–water partition coefficient (Wildman–Crippen LogP) is 2.33. The molecule has 0 radical (unpaired) electrons. The smallest absolute Gasteiger partial charge is 0.251 e. The van der Waals surface area contributed by atoms with E-state index in [-0.39, 0.29) is 12.0 Å². The number of hydrogen-bond donors (Lipinski definition) is 1. The van der Waals surface area contributed by atoms with Crippen molar-refractivity contribution in [2.75, 3.05) is 13.2 Å². The molecule has 1 N–H and O–H groups in total. The fourth-order valence-electron chi connectivity index (χ4n) is 2.37. The molecule has 1 aliphatic heterocycles. The number of carbonyl (C=O) groups excluding carboxylic acids is 1. The fraction of sp³-hybridized carbons (Fsp3) is 0.438. The van der Waals surface area contributed by atoms with Gasteiger partial charge in [-0.3, -0.25) is 4.79 Å². The molecule has 1 aromatic heterocycles. The number of aromatic nitrogens is 2. The molecule has 23 heavy (non-hydrogen) atoms. The van der Waals surface area contributed by atoms with Gasteiger partial charge in [0.1, 0.15) is 18.1 Å². The Morgan fingerprint density at radius 1 is 1.48 bits per heavy atom. The third kappa shape index (κ3) is 4.27. The van der Waals surface area contributed by atoms with Crippen molar-refractivity contribution >= 4 is 17.6 Å². The van der Waals surface area contributed by atoms with E-state index in [0.29, 0.717) is 24.5 Å². The highest BCUT2D eigenvalue weighted by molar-refractivity contribution is 6.99. The number of ether oxygens (including phenoxy) is 2. The van der Waals surface area contributed by atoms with Crippen molar-refractivity contribution in [2.45, 2.75) is 32.5 Å². The van der Waals surface area contributed by atoms with Gasteiger partial charge in [-0.05, 0) is 38.0 Å². The lowest BCUT2D eigenvalue weighted by atomic mass is 10.2. The van der Waals surface area contributed by atoms with Gasteiger partial charge < -0.3 is 14.8 Å². The number of benzene rings is 1. The van der Waals surface area contributed by atoms with E-state index in [1.54, 1.807) is 12.1 Å². The van der Waals surface area contributed by atoms with Crippen molar-refractivity contribution < 1.29 is 14.3 Å². The Hall–Kier alpha value is -1.99. The van der Waals surface area contributed by atoms with Gasteiger partial charge in [0.25, 0.3) is 5.91 Å². The number of carbonyl (C=O) groups is 1. The lowest BCUT2D eigenvalue weighted by Crippen LogP contribution is -2.31. The molecule has 1 aliphatic rings. The van der Waals surface area contributed by atoms with Crippen LogP contribution in [0.25, 0.3) is 0 Å². The van der Waals surface area contributed by atoms with Crippen LogP contribution in [0.4, 0.5) is 0 Å². The SMILES string of the molecule is Cc1nsnc1COc1cccc(C(=O)NCC2CCCO2)c1. The van der Waals surface area contributed by atoms with Crippen molar-refractivity contribution in [3.8, 4) is 5.75 Å². The summed E-state index contributed by atoms with van der Waals surface area (Å²) in [6.45, 7) is 3.59. The molecule has 7 heteroatoms. The first-order chi connectivity index (χ1) is 11.2. The molecule has 0 saturated carbocycles. The van der Waals surface area contributed by atoms with Crippen LogP contribution in [0, 0.1) is 6.92 Å². The van der Waals surface area contributed by atoms with E-state index in [2.05, 4.69) is 14.1 Å². The van der Waals surface area contributed by atoms with Crippen molar-refractivity contribution in [2.24, 2.45) is 0 Å². The summed E-state index contributed by atoms with van der Waals surface area (Å²) < 4.78 is 19.5. The summed E-state index contributed by atoms with van der Waals surface area (Å²) in [7, 11) is 0. The van der Waals surface area contributed by atoms with Crippen LogP contribution in [0.5, 0.6) is 5.75 Å². The molecule has 0 bridgehead atoms. The first-order valence-corrected chi connectivity index (χ1v) is 8.36. The van der Waals surface area contributed by atoms with Gasteiger partial charge in [-0.15, -0.1) is 0 Å². The third-order valence-corrected chi connectivity index (χ3v) is 4.39. The Labute approximate surface area is 139 Å². The highest BCUT2D eigenvalue weighted by atomic mass is 32.1. The Morgan fingerprint density at radius 2 is 2.39 bits per heavy atom. The van der Waals surface area contributed by atoms with Crippen LogP contribution >= 0.6 is 11.7 Å². The molecule has 2 heterocycles. The van der Waals surface area contributed by atoms with Gasteiger partial charge in [-0.2, -0.15) is 8.75 Å². The van der Waals surface area contributed by atoms with Crippen LogP contribution in [0.1, 0.15) is 34.6 Å². The molecule has 1 saturated heterocycles. The van der Waals surface area contributed by atoms with Gasteiger partial charge in [0.2, 0.25) is 0 Å². The van der Waals surface area contributed by atoms with E-state index in [1.165, 1.54) is 11.7 Å². The van der Waals surface area contributed by atoms with E-state index < -0.39 is 0 Å². The summed E-state index contributed by atoms with van der Waals surface area (Å²) in [4.78, 5) is 12.2. The van der Waals surface area contributed by atoms with Crippen LogP contribution in [0.15, 0.2) is 24.3 Å². The molecule has 6 nitrogen and oxygen atoms in total. The second-order valence-corrected chi connectivity index (χ2v) is 5.99. The number of hydrogen-bond acceptors (Lipinski definition) is 6. The summed E-state index contributed by atoms with van der Waals surface area (Å²) in [5, 5.41) is 2.91. The van der Waals surface area contributed by atoms with Gasteiger partial charge in [0, 0.05) is 18.7 Å². The number of rotatable bonds is 6. The molecule has 122 valence electrons. The normalized spacial score (nSPS) is 17.2. The van der Waals surface area contributed by atoms with Crippen LogP contribution in [0.3, 0.4) is 0 Å². The monoisotopic (exact) mass is 333 g/mol. The quantitative estimate of drug-likeness (QED) is 0.878. The van der Waals surface area contributed by atoms with Crippen LogP contribution < -0.4 is 10.1 Å². The van der Waals surface area contributed by atoms with E-state index in [4.69, 9.17) is 9.47 Å². The highest BCUT2D eigenvalue weighted by Gasteiger charge is 2.16. The molecule has 1 fully saturated rings. The molecule has 1 unspecified atom stereocenters. The van der Waals surface area contributed by atoms with Crippen molar-refractivity contribution in [3.63, 3.8) is 0 Å². The Balaban J connectivity index is 1.55. The van der Waals surface area contributed by atoms with Gasteiger partial charge >= 0.3 is 0 Å². The third-order valence-electron chi connectivity index (χ3n) is 3.73. The lowest BCUT2D eigenvalue weighted by Gasteiger charge is -2.11. The van der Waals surface area contributed by atoms with Gasteiger partial charge in [-0.25, -0.2) is 0 Å². The molecular formula is C16H19N3O3S. The molecule has 0 aliphatic carbocycles. The second kappa shape index (κ2) is 7.52. The van der Waals surface area contributed by atoms with Crippen LogP contribution in [0.2, 0.25) is 0 Å². The van der Waals surface area contributed by atoms with Crippen LogP contribution in [-0.4, -0.2) is 33.9 Å². The minimum absolute atomic E-state index is 0.113. The molecule has 0 spiro atoms. The maximum Gasteiger partial charge on any atom is 0.251 e. The maximum atomic E-state index is 12.2. The van der Waals surface area contributed by atoms with Gasteiger partial charge in [0.05, 0.1) is 23.5 Å². The summed E-state index contributed by atoms with van der Waals surface area (Å²) in [6.07, 6.45) is 2.21. The summed E-state index contributed by atoms with van der Waals surface area (Å²) >= 11 is 1.17. The zero-order valence-electron chi connectivity index (χ0n) is 12.9. The number of amides is 1. The van der Waals surface area contributed by atoms with Crippen molar-refractivity contribution in [3.05, 3.63) is 41.2 Å².